The second-order valence-electron chi connectivity index (χ2n) is 5.92. The molecule has 1 fully saturated rings. The van der Waals surface area contributed by atoms with Crippen LogP contribution in [0.15, 0.2) is 10.5 Å². The van der Waals surface area contributed by atoms with E-state index in [0.717, 1.165) is 42.8 Å². The zero-order valence-corrected chi connectivity index (χ0v) is 14.4. The molecule has 2 rings (SSSR count). The minimum atomic E-state index is -0.767. The second-order valence-corrected chi connectivity index (χ2v) is 7.93. The molecule has 22 heavy (non-hydrogen) atoms. The van der Waals surface area contributed by atoms with E-state index in [-0.39, 0.29) is 17.3 Å². The Morgan fingerprint density at radius 3 is 2.82 bits per heavy atom. The average molecular weight is 326 g/mol. The van der Waals surface area contributed by atoms with Gasteiger partial charge in [0.2, 0.25) is 0 Å². The van der Waals surface area contributed by atoms with Crippen molar-refractivity contribution in [3.8, 4) is 0 Å². The van der Waals surface area contributed by atoms with Crippen LogP contribution in [0.4, 0.5) is 4.79 Å². The molecule has 0 radical (unpaired) electrons. The summed E-state index contributed by atoms with van der Waals surface area (Å²) in [6.07, 6.45) is 3.82. The van der Waals surface area contributed by atoms with Crippen LogP contribution in [-0.2, 0) is 17.3 Å². The van der Waals surface area contributed by atoms with Gasteiger partial charge in [0.05, 0.1) is 0 Å². The molecule has 0 spiro atoms. The maximum Gasteiger partial charge on any atom is 0.315 e. The van der Waals surface area contributed by atoms with Crippen molar-refractivity contribution in [2.45, 2.75) is 64.3 Å². The topological polar surface area (TPSA) is 71.3 Å². The molecule has 6 heteroatoms. The number of amides is 2. The minimum Gasteiger partial charge on any atom is -0.466 e. The molecule has 3 unspecified atom stereocenters. The lowest BCUT2D eigenvalue weighted by Crippen LogP contribution is -2.45. The Kier molecular flexibility index (Phi) is 6.06. The Hall–Kier alpha value is -1.30. The van der Waals surface area contributed by atoms with E-state index in [4.69, 9.17) is 4.42 Å². The van der Waals surface area contributed by atoms with Crippen LogP contribution in [0.2, 0.25) is 0 Å². The number of hydrogen-bond acceptors (Lipinski definition) is 3. The number of hydrogen-bond donors (Lipinski definition) is 2. The van der Waals surface area contributed by atoms with E-state index in [0.29, 0.717) is 12.3 Å². The summed E-state index contributed by atoms with van der Waals surface area (Å²) in [5.74, 6) is 2.39. The first-order valence-corrected chi connectivity index (χ1v) is 9.35. The highest BCUT2D eigenvalue weighted by Crippen LogP contribution is 2.23. The zero-order valence-electron chi connectivity index (χ0n) is 13.6. The largest absolute Gasteiger partial charge is 0.466 e. The molecule has 0 aromatic carbocycles. The fraction of sp³-hybridized carbons (Fsp3) is 0.688. The molecule has 2 amide bonds. The van der Waals surface area contributed by atoms with Gasteiger partial charge < -0.3 is 15.1 Å². The van der Waals surface area contributed by atoms with Crippen molar-refractivity contribution in [2.24, 2.45) is 0 Å². The first-order chi connectivity index (χ1) is 10.5. The van der Waals surface area contributed by atoms with E-state index in [2.05, 4.69) is 10.6 Å². The van der Waals surface area contributed by atoms with E-state index in [9.17, 15) is 9.00 Å². The van der Waals surface area contributed by atoms with Gasteiger partial charge in [-0.2, -0.15) is 0 Å². The standard InChI is InChI=1S/C16H26N2O3S/c1-4-22(20)15-7-5-6-14(9-15)18-16(19)17-10-13-8-11(2)21-12(13)3/h8,14-15H,4-7,9-10H2,1-3H3,(H2,17,18,19). The number of carbonyl (C=O) groups excluding carboxylic acids is 1. The molecule has 0 saturated heterocycles. The van der Waals surface area contributed by atoms with Crippen LogP contribution in [0.25, 0.3) is 0 Å². The van der Waals surface area contributed by atoms with Crippen molar-refractivity contribution < 1.29 is 13.4 Å². The quantitative estimate of drug-likeness (QED) is 0.874. The third-order valence-corrected chi connectivity index (χ3v) is 5.94. The third-order valence-electron chi connectivity index (χ3n) is 4.20. The van der Waals surface area contributed by atoms with Crippen LogP contribution in [0.1, 0.15) is 49.7 Å². The highest BCUT2D eigenvalue weighted by Gasteiger charge is 2.26. The molecule has 1 heterocycles. The normalized spacial score (nSPS) is 23.0. The SMILES string of the molecule is CCS(=O)C1CCCC(NC(=O)NCc2cc(C)oc2C)C1. The van der Waals surface area contributed by atoms with Crippen LogP contribution in [0, 0.1) is 13.8 Å². The molecule has 3 atom stereocenters. The van der Waals surface area contributed by atoms with Crippen molar-refractivity contribution in [3.63, 3.8) is 0 Å². The first-order valence-electron chi connectivity index (χ1n) is 7.97. The number of urea groups is 1. The van der Waals surface area contributed by atoms with Gasteiger partial charge in [-0.15, -0.1) is 0 Å². The van der Waals surface area contributed by atoms with Crippen molar-refractivity contribution in [1.82, 2.24) is 10.6 Å². The second kappa shape index (κ2) is 7.81. The Bertz CT molecular complexity index is 541. The van der Waals surface area contributed by atoms with E-state index < -0.39 is 10.8 Å². The lowest BCUT2D eigenvalue weighted by Gasteiger charge is -2.29. The average Bonchev–Trinajstić information content (AvgIpc) is 2.82. The van der Waals surface area contributed by atoms with Crippen LogP contribution in [0.5, 0.6) is 0 Å². The maximum absolute atomic E-state index is 12.0. The number of carbonyl (C=O) groups is 1. The number of nitrogens with one attached hydrogen (secondary N) is 2. The van der Waals surface area contributed by atoms with E-state index >= 15 is 0 Å². The highest BCUT2D eigenvalue weighted by molar-refractivity contribution is 7.85. The zero-order chi connectivity index (χ0) is 16.1. The molecular weight excluding hydrogens is 300 g/mol. The minimum absolute atomic E-state index is 0.126. The molecule has 0 bridgehead atoms. The summed E-state index contributed by atoms with van der Waals surface area (Å²) in [7, 11) is -0.767. The smallest absolute Gasteiger partial charge is 0.315 e. The monoisotopic (exact) mass is 326 g/mol. The predicted octanol–water partition coefficient (Wildman–Crippen LogP) is 2.78. The summed E-state index contributed by atoms with van der Waals surface area (Å²) in [6, 6.07) is 1.91. The molecule has 1 saturated carbocycles. The van der Waals surface area contributed by atoms with Gasteiger partial charge >= 0.3 is 6.03 Å². The van der Waals surface area contributed by atoms with Crippen molar-refractivity contribution in [1.29, 1.82) is 0 Å². The lowest BCUT2D eigenvalue weighted by atomic mass is 9.95. The van der Waals surface area contributed by atoms with Gasteiger partial charge in [-0.05, 0) is 39.2 Å². The van der Waals surface area contributed by atoms with Gasteiger partial charge in [0.15, 0.2) is 0 Å². The maximum atomic E-state index is 12.0. The summed E-state index contributed by atoms with van der Waals surface area (Å²) in [5, 5.41) is 6.11. The van der Waals surface area contributed by atoms with Gasteiger partial charge in [0.25, 0.3) is 0 Å². The molecule has 1 aromatic heterocycles. The molecule has 2 N–H and O–H groups in total. The molecule has 0 aliphatic heterocycles. The predicted molar refractivity (Wildman–Crippen MR) is 88.3 cm³/mol. The van der Waals surface area contributed by atoms with Crippen LogP contribution in [-0.4, -0.2) is 27.3 Å². The van der Waals surface area contributed by atoms with Gasteiger partial charge in [0, 0.05) is 40.0 Å². The Labute approximate surface area is 134 Å². The van der Waals surface area contributed by atoms with Crippen molar-refractivity contribution >= 4 is 16.8 Å². The fourth-order valence-corrected chi connectivity index (χ4v) is 4.37. The first kappa shape index (κ1) is 17.1. The lowest BCUT2D eigenvalue weighted by molar-refractivity contribution is 0.232. The molecule has 5 nitrogen and oxygen atoms in total. The van der Waals surface area contributed by atoms with Crippen molar-refractivity contribution in [2.75, 3.05) is 5.75 Å². The van der Waals surface area contributed by atoms with Gasteiger partial charge in [-0.25, -0.2) is 4.79 Å². The fourth-order valence-electron chi connectivity index (χ4n) is 3.02. The summed E-state index contributed by atoms with van der Waals surface area (Å²) in [5.41, 5.74) is 1.00. The number of rotatable bonds is 5. The Morgan fingerprint density at radius 2 is 2.18 bits per heavy atom. The number of furan rings is 1. The molecule has 1 aliphatic rings. The summed E-state index contributed by atoms with van der Waals surface area (Å²) >= 11 is 0. The van der Waals surface area contributed by atoms with Crippen molar-refractivity contribution in [3.05, 3.63) is 23.2 Å². The van der Waals surface area contributed by atoms with E-state index in [1.165, 1.54) is 0 Å². The van der Waals surface area contributed by atoms with E-state index in [1.807, 2.05) is 26.8 Å². The Balaban J connectivity index is 1.79. The summed E-state index contributed by atoms with van der Waals surface area (Å²) in [4.78, 5) is 12.0. The van der Waals surface area contributed by atoms with Crippen LogP contribution < -0.4 is 10.6 Å². The third kappa shape index (κ3) is 4.60. The molecule has 124 valence electrons. The molecular formula is C16H26N2O3S. The van der Waals surface area contributed by atoms with Crippen LogP contribution in [0.3, 0.4) is 0 Å². The molecule has 1 aliphatic carbocycles. The summed E-state index contributed by atoms with van der Waals surface area (Å²) in [6.45, 7) is 6.21. The summed E-state index contributed by atoms with van der Waals surface area (Å²) < 4.78 is 17.4. The Morgan fingerprint density at radius 1 is 1.41 bits per heavy atom. The highest BCUT2D eigenvalue weighted by atomic mass is 32.2. The van der Waals surface area contributed by atoms with Crippen LogP contribution >= 0.6 is 0 Å². The van der Waals surface area contributed by atoms with Gasteiger partial charge in [-0.1, -0.05) is 13.3 Å². The van der Waals surface area contributed by atoms with E-state index in [1.54, 1.807) is 0 Å². The number of aryl methyl sites for hydroxylation is 2. The van der Waals surface area contributed by atoms with Gasteiger partial charge in [0.1, 0.15) is 11.5 Å². The molecule has 1 aromatic rings. The van der Waals surface area contributed by atoms with Gasteiger partial charge in [-0.3, -0.25) is 4.21 Å².